The maximum atomic E-state index is 13.1. The monoisotopic (exact) mass is 429 g/mol. The zero-order chi connectivity index (χ0) is 21.6. The molecule has 1 aromatic heterocycles. The molecule has 0 N–H and O–H groups in total. The highest BCUT2D eigenvalue weighted by atomic mass is 19.4. The van der Waals surface area contributed by atoms with E-state index in [0.29, 0.717) is 62.6 Å². The molecule has 1 aliphatic rings. The normalized spacial score (nSPS) is 15.3. The van der Waals surface area contributed by atoms with Crippen molar-refractivity contribution in [2.24, 2.45) is 0 Å². The number of aryl methyl sites for hydroxylation is 1. The lowest BCUT2D eigenvalue weighted by Gasteiger charge is -2.30. The summed E-state index contributed by atoms with van der Waals surface area (Å²) in [6.45, 7) is 2.65. The molecule has 0 radical (unpaired) electrons. The molecule has 10 heteroatoms. The highest BCUT2D eigenvalue weighted by molar-refractivity contribution is 5.81. The lowest BCUT2D eigenvalue weighted by molar-refractivity contribution is -0.185. The van der Waals surface area contributed by atoms with Crippen LogP contribution in [-0.4, -0.2) is 73.0 Å². The number of carbonyl (C=O) groups is 1. The molecule has 1 aliphatic heterocycles. The van der Waals surface area contributed by atoms with Gasteiger partial charge in [-0.2, -0.15) is 13.2 Å². The van der Waals surface area contributed by atoms with Gasteiger partial charge in [-0.3, -0.25) is 9.69 Å². The van der Waals surface area contributed by atoms with Gasteiger partial charge in [-0.15, -0.1) is 0 Å². The van der Waals surface area contributed by atoms with Crippen molar-refractivity contribution < 1.29 is 31.6 Å². The first-order valence-corrected chi connectivity index (χ1v) is 9.70. The van der Waals surface area contributed by atoms with Gasteiger partial charge in [0.1, 0.15) is 5.82 Å². The Morgan fingerprint density at radius 2 is 1.83 bits per heavy atom. The summed E-state index contributed by atoms with van der Waals surface area (Å²) in [6.07, 6.45) is -2.75. The van der Waals surface area contributed by atoms with Crippen LogP contribution in [0.2, 0.25) is 0 Å². The standard InChI is InChI=1S/C20H23F4N3O3/c21-17-5-3-15(4-6-17)18-16(14-25-30-18)2-1-7-27(19(28)20(22,23)24)9-8-26-10-12-29-13-11-26/h3-6,14H,1-2,7-13H2. The zero-order valence-corrected chi connectivity index (χ0v) is 16.3. The Hall–Kier alpha value is -2.46. The van der Waals surface area contributed by atoms with Gasteiger partial charge >= 0.3 is 12.1 Å². The van der Waals surface area contributed by atoms with Crippen molar-refractivity contribution in [1.82, 2.24) is 15.0 Å². The van der Waals surface area contributed by atoms with E-state index in [1.165, 1.54) is 18.3 Å². The molecule has 0 unspecified atom stereocenters. The summed E-state index contributed by atoms with van der Waals surface area (Å²) in [7, 11) is 0. The van der Waals surface area contributed by atoms with Crippen LogP contribution in [0.1, 0.15) is 12.0 Å². The quantitative estimate of drug-likeness (QED) is 0.604. The number of rotatable bonds is 8. The van der Waals surface area contributed by atoms with Gasteiger partial charge < -0.3 is 14.2 Å². The number of nitrogens with zero attached hydrogens (tertiary/aromatic N) is 3. The molecule has 6 nitrogen and oxygen atoms in total. The molecule has 2 aromatic rings. The van der Waals surface area contributed by atoms with Crippen LogP contribution in [0.15, 0.2) is 35.0 Å². The number of amides is 1. The van der Waals surface area contributed by atoms with Crippen molar-refractivity contribution in [2.75, 3.05) is 45.9 Å². The number of ether oxygens (including phenoxy) is 1. The molecule has 164 valence electrons. The molecule has 0 spiro atoms. The summed E-state index contributed by atoms with van der Waals surface area (Å²) in [5.74, 6) is -1.78. The topological polar surface area (TPSA) is 58.8 Å². The van der Waals surface area contributed by atoms with E-state index in [0.717, 1.165) is 4.90 Å². The van der Waals surface area contributed by atoms with Crippen LogP contribution in [-0.2, 0) is 16.0 Å². The van der Waals surface area contributed by atoms with Crippen molar-refractivity contribution in [3.05, 3.63) is 41.8 Å². The van der Waals surface area contributed by atoms with Crippen LogP contribution in [0.4, 0.5) is 17.6 Å². The summed E-state index contributed by atoms with van der Waals surface area (Å²) in [4.78, 5) is 14.7. The van der Waals surface area contributed by atoms with Crippen LogP contribution >= 0.6 is 0 Å². The van der Waals surface area contributed by atoms with E-state index in [2.05, 4.69) is 5.16 Å². The van der Waals surface area contributed by atoms with Crippen LogP contribution < -0.4 is 0 Å². The highest BCUT2D eigenvalue weighted by Crippen LogP contribution is 2.25. The predicted molar refractivity (Wildman–Crippen MR) is 100 cm³/mol. The molecular weight excluding hydrogens is 406 g/mol. The number of benzene rings is 1. The third-order valence-corrected chi connectivity index (χ3v) is 4.94. The maximum Gasteiger partial charge on any atom is 0.471 e. The summed E-state index contributed by atoms with van der Waals surface area (Å²) in [5.41, 5.74) is 1.31. The number of alkyl halides is 3. The van der Waals surface area contributed by atoms with E-state index >= 15 is 0 Å². The Morgan fingerprint density at radius 3 is 2.50 bits per heavy atom. The average molecular weight is 429 g/mol. The fraction of sp³-hybridized carbons (Fsp3) is 0.500. The molecule has 0 bridgehead atoms. The van der Waals surface area contributed by atoms with Gasteiger partial charge in [-0.25, -0.2) is 4.39 Å². The minimum atomic E-state index is -4.92. The fourth-order valence-electron chi connectivity index (χ4n) is 3.32. The Bertz CT molecular complexity index is 817. The molecule has 0 atom stereocenters. The molecule has 3 rings (SSSR count). The Labute approximate surface area is 171 Å². The second kappa shape index (κ2) is 10.0. The number of hydrogen-bond donors (Lipinski definition) is 0. The van der Waals surface area contributed by atoms with Crippen molar-refractivity contribution in [2.45, 2.75) is 19.0 Å². The fourth-order valence-corrected chi connectivity index (χ4v) is 3.32. The smallest absolute Gasteiger partial charge is 0.379 e. The number of aromatic nitrogens is 1. The molecular formula is C20H23F4N3O3. The maximum absolute atomic E-state index is 13.1. The molecule has 0 saturated carbocycles. The minimum absolute atomic E-state index is 0.00714. The molecule has 1 fully saturated rings. The molecule has 1 saturated heterocycles. The Balaban J connectivity index is 1.59. The summed E-state index contributed by atoms with van der Waals surface area (Å²) in [6, 6.07) is 5.66. The summed E-state index contributed by atoms with van der Waals surface area (Å²) < 4.78 is 62.6. The van der Waals surface area contributed by atoms with Crippen molar-refractivity contribution in [3.63, 3.8) is 0 Å². The zero-order valence-electron chi connectivity index (χ0n) is 16.3. The number of morpholine rings is 1. The second-order valence-corrected chi connectivity index (χ2v) is 7.03. The van der Waals surface area contributed by atoms with E-state index in [-0.39, 0.29) is 18.9 Å². The lowest BCUT2D eigenvalue weighted by atomic mass is 10.1. The first-order chi connectivity index (χ1) is 14.3. The number of hydrogen-bond acceptors (Lipinski definition) is 5. The number of halogens is 4. The molecule has 1 aromatic carbocycles. The Morgan fingerprint density at radius 1 is 1.13 bits per heavy atom. The Kier molecular flexibility index (Phi) is 7.43. The van der Waals surface area contributed by atoms with E-state index in [4.69, 9.17) is 9.26 Å². The largest absolute Gasteiger partial charge is 0.471 e. The third kappa shape index (κ3) is 6.02. The van der Waals surface area contributed by atoms with E-state index in [1.807, 2.05) is 4.90 Å². The first kappa shape index (κ1) is 22.2. The van der Waals surface area contributed by atoms with Gasteiger partial charge in [0, 0.05) is 43.9 Å². The van der Waals surface area contributed by atoms with E-state index in [1.54, 1.807) is 12.1 Å². The SMILES string of the molecule is O=C(N(CCCc1cnoc1-c1ccc(F)cc1)CCN1CCOCC1)C(F)(F)F. The minimum Gasteiger partial charge on any atom is -0.379 e. The average Bonchev–Trinajstić information content (AvgIpc) is 3.19. The van der Waals surface area contributed by atoms with Crippen LogP contribution in [0.25, 0.3) is 11.3 Å². The van der Waals surface area contributed by atoms with Crippen molar-refractivity contribution in [1.29, 1.82) is 0 Å². The third-order valence-electron chi connectivity index (χ3n) is 4.94. The molecule has 1 amide bonds. The van der Waals surface area contributed by atoms with Crippen molar-refractivity contribution in [3.8, 4) is 11.3 Å². The van der Waals surface area contributed by atoms with Gasteiger partial charge in [0.2, 0.25) is 0 Å². The summed E-state index contributed by atoms with van der Waals surface area (Å²) >= 11 is 0. The van der Waals surface area contributed by atoms with Crippen LogP contribution in [0.3, 0.4) is 0 Å². The molecule has 30 heavy (non-hydrogen) atoms. The van der Waals surface area contributed by atoms with Crippen molar-refractivity contribution >= 4 is 5.91 Å². The van der Waals surface area contributed by atoms with Gasteiger partial charge in [0.25, 0.3) is 0 Å². The van der Waals surface area contributed by atoms with Gasteiger partial charge in [-0.1, -0.05) is 5.16 Å². The molecule has 2 heterocycles. The molecule has 0 aliphatic carbocycles. The van der Waals surface area contributed by atoms with E-state index < -0.39 is 12.1 Å². The number of carbonyl (C=O) groups excluding carboxylic acids is 1. The van der Waals surface area contributed by atoms with Gasteiger partial charge in [0.15, 0.2) is 5.76 Å². The van der Waals surface area contributed by atoms with Crippen LogP contribution in [0.5, 0.6) is 0 Å². The first-order valence-electron chi connectivity index (χ1n) is 9.70. The van der Waals surface area contributed by atoms with Crippen LogP contribution in [0, 0.1) is 5.82 Å². The van der Waals surface area contributed by atoms with Gasteiger partial charge in [0.05, 0.1) is 19.4 Å². The summed E-state index contributed by atoms with van der Waals surface area (Å²) in [5, 5.41) is 3.74. The van der Waals surface area contributed by atoms with Gasteiger partial charge in [-0.05, 0) is 37.1 Å². The highest BCUT2D eigenvalue weighted by Gasteiger charge is 2.42. The second-order valence-electron chi connectivity index (χ2n) is 7.03. The van der Waals surface area contributed by atoms with E-state index in [9.17, 15) is 22.4 Å². The lowest BCUT2D eigenvalue weighted by Crippen LogP contribution is -2.47. The predicted octanol–water partition coefficient (Wildman–Crippen LogP) is 3.14.